The van der Waals surface area contributed by atoms with Crippen molar-refractivity contribution in [2.45, 2.75) is 71.4 Å². The normalized spacial score (nSPS) is 36.1. The molecule has 0 radical (unpaired) electrons. The van der Waals surface area contributed by atoms with Crippen LogP contribution < -0.4 is 0 Å². The quantitative estimate of drug-likeness (QED) is 0.840. The summed E-state index contributed by atoms with van der Waals surface area (Å²) >= 11 is 0. The Morgan fingerprint density at radius 3 is 2.67 bits per heavy atom. The van der Waals surface area contributed by atoms with E-state index in [2.05, 4.69) is 25.7 Å². The molecule has 0 aromatic heterocycles. The second-order valence-corrected chi connectivity index (χ2v) is 6.95. The van der Waals surface area contributed by atoms with Gasteiger partial charge in [0.05, 0.1) is 6.10 Å². The second-order valence-electron chi connectivity index (χ2n) is 6.95. The molecular weight excluding hydrogens is 226 g/mol. The predicted octanol–water partition coefficient (Wildman–Crippen LogP) is 2.57. The summed E-state index contributed by atoms with van der Waals surface area (Å²) in [6, 6.07) is 0.281. The topological polar surface area (TPSA) is 40.5 Å². The van der Waals surface area contributed by atoms with Crippen LogP contribution in [-0.2, 0) is 4.79 Å². The van der Waals surface area contributed by atoms with Gasteiger partial charge in [-0.3, -0.25) is 4.79 Å². The van der Waals surface area contributed by atoms with Crippen LogP contribution in [0.2, 0.25) is 0 Å². The van der Waals surface area contributed by atoms with Crippen LogP contribution in [0, 0.1) is 11.3 Å². The highest BCUT2D eigenvalue weighted by atomic mass is 16.3. The maximum Gasteiger partial charge on any atom is 0.223 e. The lowest BCUT2D eigenvalue weighted by atomic mass is 9.79. The van der Waals surface area contributed by atoms with Crippen molar-refractivity contribution in [1.82, 2.24) is 4.90 Å². The molecule has 0 aromatic carbocycles. The number of likely N-dealkylation sites (tertiary alicyclic amines) is 1. The van der Waals surface area contributed by atoms with E-state index in [1.54, 1.807) is 0 Å². The number of nitrogens with zero attached hydrogens (tertiary/aromatic N) is 1. The highest BCUT2D eigenvalue weighted by Crippen LogP contribution is 2.38. The van der Waals surface area contributed by atoms with Crippen molar-refractivity contribution in [2.24, 2.45) is 11.3 Å². The van der Waals surface area contributed by atoms with Gasteiger partial charge in [-0.25, -0.2) is 0 Å². The molecule has 0 aromatic rings. The van der Waals surface area contributed by atoms with Crippen molar-refractivity contribution < 1.29 is 9.90 Å². The van der Waals surface area contributed by atoms with E-state index in [-0.39, 0.29) is 17.6 Å². The van der Waals surface area contributed by atoms with Crippen LogP contribution in [0.4, 0.5) is 0 Å². The van der Waals surface area contributed by atoms with Crippen molar-refractivity contribution in [2.75, 3.05) is 6.54 Å². The zero-order valence-electron chi connectivity index (χ0n) is 12.0. The Morgan fingerprint density at radius 2 is 2.11 bits per heavy atom. The van der Waals surface area contributed by atoms with E-state index in [4.69, 9.17) is 0 Å². The Bertz CT molecular complexity index is 314. The van der Waals surface area contributed by atoms with Crippen LogP contribution in [0.15, 0.2) is 0 Å². The van der Waals surface area contributed by atoms with Crippen LogP contribution >= 0.6 is 0 Å². The van der Waals surface area contributed by atoms with Crippen LogP contribution in [-0.4, -0.2) is 34.6 Å². The second kappa shape index (κ2) is 5.20. The molecule has 1 saturated carbocycles. The Balaban J connectivity index is 2.10. The standard InChI is InChI=1S/C15H27NO2/c1-4-5-11-6-7-12(17)8-13(11)16-10-15(2,3)9-14(16)18/h11-13,17H,4-10H2,1-3H3. The molecule has 1 heterocycles. The SMILES string of the molecule is CCCC1CCC(O)CC1N1CC(C)(C)CC1=O. The average molecular weight is 253 g/mol. The van der Waals surface area contributed by atoms with Gasteiger partial charge >= 0.3 is 0 Å². The monoisotopic (exact) mass is 253 g/mol. The van der Waals surface area contributed by atoms with Gasteiger partial charge in [0, 0.05) is 19.0 Å². The Labute approximate surface area is 111 Å². The molecule has 1 aliphatic heterocycles. The lowest BCUT2D eigenvalue weighted by Crippen LogP contribution is -2.46. The maximum absolute atomic E-state index is 12.2. The van der Waals surface area contributed by atoms with Gasteiger partial charge in [0.1, 0.15) is 0 Å². The molecular formula is C15H27NO2. The van der Waals surface area contributed by atoms with Gasteiger partial charge in [0.25, 0.3) is 0 Å². The van der Waals surface area contributed by atoms with E-state index in [1.165, 1.54) is 12.8 Å². The molecule has 104 valence electrons. The van der Waals surface area contributed by atoms with Crippen LogP contribution in [0.5, 0.6) is 0 Å². The molecule has 1 amide bonds. The smallest absolute Gasteiger partial charge is 0.223 e. The molecule has 3 nitrogen and oxygen atoms in total. The molecule has 0 bridgehead atoms. The first-order valence-corrected chi connectivity index (χ1v) is 7.40. The van der Waals surface area contributed by atoms with Crippen molar-refractivity contribution in [3.8, 4) is 0 Å². The maximum atomic E-state index is 12.2. The Kier molecular flexibility index (Phi) is 4.00. The zero-order valence-corrected chi connectivity index (χ0v) is 12.0. The van der Waals surface area contributed by atoms with Crippen LogP contribution in [0.1, 0.15) is 59.3 Å². The van der Waals surface area contributed by atoms with Gasteiger partial charge in [-0.15, -0.1) is 0 Å². The average Bonchev–Trinajstić information content (AvgIpc) is 2.55. The number of amides is 1. The number of aliphatic hydroxyl groups is 1. The first-order chi connectivity index (χ1) is 8.43. The van der Waals surface area contributed by atoms with Crippen molar-refractivity contribution in [3.63, 3.8) is 0 Å². The molecule has 3 unspecified atom stereocenters. The fourth-order valence-corrected chi connectivity index (χ4v) is 3.70. The van der Waals surface area contributed by atoms with Gasteiger partial charge in [-0.1, -0.05) is 27.2 Å². The fourth-order valence-electron chi connectivity index (χ4n) is 3.70. The van der Waals surface area contributed by atoms with Crippen molar-refractivity contribution in [3.05, 3.63) is 0 Å². The first-order valence-electron chi connectivity index (χ1n) is 7.40. The van der Waals surface area contributed by atoms with Crippen molar-refractivity contribution in [1.29, 1.82) is 0 Å². The van der Waals surface area contributed by atoms with Crippen molar-refractivity contribution >= 4 is 5.91 Å². The van der Waals surface area contributed by atoms with Gasteiger partial charge in [-0.05, 0) is 37.0 Å². The van der Waals surface area contributed by atoms with E-state index < -0.39 is 0 Å². The fraction of sp³-hybridized carbons (Fsp3) is 0.933. The largest absolute Gasteiger partial charge is 0.393 e. The summed E-state index contributed by atoms with van der Waals surface area (Å²) in [6.45, 7) is 7.40. The third kappa shape index (κ3) is 2.87. The lowest BCUT2D eigenvalue weighted by Gasteiger charge is -2.40. The molecule has 1 N–H and O–H groups in total. The lowest BCUT2D eigenvalue weighted by molar-refractivity contribution is -0.132. The number of carbonyl (C=O) groups excluding carboxylic acids is 1. The minimum absolute atomic E-state index is 0.107. The van der Waals surface area contributed by atoms with Gasteiger partial charge in [-0.2, -0.15) is 0 Å². The van der Waals surface area contributed by atoms with E-state index >= 15 is 0 Å². The first kappa shape index (κ1) is 13.9. The molecule has 1 saturated heterocycles. The molecule has 2 fully saturated rings. The van der Waals surface area contributed by atoms with E-state index in [9.17, 15) is 9.90 Å². The molecule has 0 spiro atoms. The predicted molar refractivity (Wildman–Crippen MR) is 72.2 cm³/mol. The van der Waals surface area contributed by atoms with Gasteiger partial charge in [0.15, 0.2) is 0 Å². The molecule has 1 aliphatic carbocycles. The molecule has 3 heteroatoms. The van der Waals surface area contributed by atoms with Crippen LogP contribution in [0.3, 0.4) is 0 Å². The van der Waals surface area contributed by atoms with E-state index in [0.29, 0.717) is 18.2 Å². The van der Waals surface area contributed by atoms with E-state index in [0.717, 1.165) is 25.8 Å². The summed E-state index contributed by atoms with van der Waals surface area (Å²) in [6.07, 6.45) is 5.57. The third-order valence-electron chi connectivity index (χ3n) is 4.54. The summed E-state index contributed by atoms with van der Waals surface area (Å²) in [7, 11) is 0. The molecule has 2 aliphatic rings. The molecule has 3 atom stereocenters. The summed E-state index contributed by atoms with van der Waals surface area (Å²) in [5.74, 6) is 0.886. The Morgan fingerprint density at radius 1 is 1.39 bits per heavy atom. The highest BCUT2D eigenvalue weighted by molar-refractivity contribution is 5.79. The van der Waals surface area contributed by atoms with Crippen LogP contribution in [0.25, 0.3) is 0 Å². The minimum Gasteiger partial charge on any atom is -0.393 e. The number of carbonyl (C=O) groups is 1. The highest BCUT2D eigenvalue weighted by Gasteiger charge is 2.43. The minimum atomic E-state index is -0.209. The summed E-state index contributed by atoms with van der Waals surface area (Å²) < 4.78 is 0. The number of rotatable bonds is 3. The summed E-state index contributed by atoms with van der Waals surface area (Å²) in [4.78, 5) is 14.3. The van der Waals surface area contributed by atoms with Gasteiger partial charge < -0.3 is 10.0 Å². The number of hydrogen-bond donors (Lipinski definition) is 1. The summed E-state index contributed by atoms with van der Waals surface area (Å²) in [5, 5.41) is 9.90. The van der Waals surface area contributed by atoms with Gasteiger partial charge in [0.2, 0.25) is 5.91 Å². The number of aliphatic hydroxyl groups excluding tert-OH is 1. The van der Waals surface area contributed by atoms with E-state index in [1.807, 2.05) is 0 Å². The molecule has 2 rings (SSSR count). The number of hydrogen-bond acceptors (Lipinski definition) is 2. The summed E-state index contributed by atoms with van der Waals surface area (Å²) in [5.41, 5.74) is 0.107. The zero-order chi connectivity index (χ0) is 13.3. The molecule has 18 heavy (non-hydrogen) atoms. The third-order valence-corrected chi connectivity index (χ3v) is 4.54. The Hall–Kier alpha value is -0.570.